The standard InChI is InChI=1S/C21H33NO4/c1-6-11-20(26-16-24-5)19(14-17(3)4)22(21(23)25-7-2)15-18-12-9-8-10-13-18/h6,8-13,17,19-20H,7,14-16H2,1-5H3/b11-6-/t19-,20-/m0/s1. The molecule has 0 radical (unpaired) electrons. The van der Waals surface area contributed by atoms with Crippen LogP contribution in [0.1, 0.15) is 39.7 Å². The number of benzene rings is 1. The molecule has 0 heterocycles. The van der Waals surface area contributed by atoms with Crippen LogP contribution in [0.25, 0.3) is 0 Å². The van der Waals surface area contributed by atoms with Crippen molar-refractivity contribution in [2.24, 2.45) is 5.92 Å². The maximum Gasteiger partial charge on any atom is 0.410 e. The molecule has 5 heteroatoms. The van der Waals surface area contributed by atoms with E-state index >= 15 is 0 Å². The van der Waals surface area contributed by atoms with E-state index in [9.17, 15) is 4.79 Å². The van der Waals surface area contributed by atoms with Gasteiger partial charge in [-0.2, -0.15) is 0 Å². The minimum absolute atomic E-state index is 0.152. The van der Waals surface area contributed by atoms with Crippen LogP contribution >= 0.6 is 0 Å². The van der Waals surface area contributed by atoms with Gasteiger partial charge in [-0.25, -0.2) is 4.79 Å². The Morgan fingerprint density at radius 3 is 2.46 bits per heavy atom. The van der Waals surface area contributed by atoms with Crippen molar-refractivity contribution in [3.05, 3.63) is 48.0 Å². The molecule has 5 nitrogen and oxygen atoms in total. The molecule has 0 N–H and O–H groups in total. The van der Waals surface area contributed by atoms with Gasteiger partial charge in [-0.05, 0) is 31.7 Å². The molecule has 0 spiro atoms. The third-order valence-corrected chi connectivity index (χ3v) is 3.95. The highest BCUT2D eigenvalue weighted by Crippen LogP contribution is 2.22. The van der Waals surface area contributed by atoms with Crippen LogP contribution in [0.2, 0.25) is 0 Å². The maximum atomic E-state index is 12.7. The van der Waals surface area contributed by atoms with Crippen molar-refractivity contribution >= 4 is 6.09 Å². The summed E-state index contributed by atoms with van der Waals surface area (Å²) in [4.78, 5) is 14.5. The second kappa shape index (κ2) is 12.5. The van der Waals surface area contributed by atoms with Crippen LogP contribution in [0.4, 0.5) is 4.79 Å². The molecule has 0 fully saturated rings. The summed E-state index contributed by atoms with van der Waals surface area (Å²) >= 11 is 0. The zero-order chi connectivity index (χ0) is 19.4. The molecule has 0 bridgehead atoms. The first-order chi connectivity index (χ1) is 12.5. The smallest absolute Gasteiger partial charge is 0.410 e. The number of carbonyl (C=O) groups excluding carboxylic acids is 1. The summed E-state index contributed by atoms with van der Waals surface area (Å²) in [7, 11) is 1.59. The van der Waals surface area contributed by atoms with E-state index in [1.807, 2.05) is 56.3 Å². The highest BCUT2D eigenvalue weighted by Gasteiger charge is 2.32. The van der Waals surface area contributed by atoms with Crippen LogP contribution in [0.15, 0.2) is 42.5 Å². The fourth-order valence-electron chi connectivity index (χ4n) is 2.86. The average molecular weight is 363 g/mol. The molecule has 0 unspecified atom stereocenters. The quantitative estimate of drug-likeness (QED) is 0.425. The lowest BCUT2D eigenvalue weighted by Crippen LogP contribution is -2.48. The molecule has 0 saturated heterocycles. The normalized spacial score (nSPS) is 13.8. The van der Waals surface area contributed by atoms with E-state index in [1.54, 1.807) is 12.0 Å². The van der Waals surface area contributed by atoms with Gasteiger partial charge in [-0.3, -0.25) is 4.90 Å². The monoisotopic (exact) mass is 363 g/mol. The van der Waals surface area contributed by atoms with Crippen molar-refractivity contribution in [3.63, 3.8) is 0 Å². The third kappa shape index (κ3) is 7.58. The van der Waals surface area contributed by atoms with Crippen molar-refractivity contribution in [1.29, 1.82) is 0 Å². The van der Waals surface area contributed by atoms with Crippen molar-refractivity contribution in [1.82, 2.24) is 4.90 Å². The van der Waals surface area contributed by atoms with Crippen molar-refractivity contribution in [3.8, 4) is 0 Å². The second-order valence-corrected chi connectivity index (χ2v) is 6.57. The van der Waals surface area contributed by atoms with E-state index in [2.05, 4.69) is 13.8 Å². The van der Waals surface area contributed by atoms with Crippen LogP contribution in [-0.4, -0.2) is 43.6 Å². The molecule has 1 amide bonds. The SMILES string of the molecule is C/C=C\[C@H](OCOC)[C@H](CC(C)C)N(Cc1ccccc1)C(=O)OCC. The van der Waals surface area contributed by atoms with Crippen molar-refractivity contribution in [2.45, 2.75) is 52.8 Å². The number of allylic oxidation sites excluding steroid dienone is 1. The van der Waals surface area contributed by atoms with E-state index < -0.39 is 0 Å². The summed E-state index contributed by atoms with van der Waals surface area (Å²) in [6.07, 6.45) is 4.13. The van der Waals surface area contributed by atoms with E-state index in [0.29, 0.717) is 19.1 Å². The molecular weight excluding hydrogens is 330 g/mol. The lowest BCUT2D eigenvalue weighted by atomic mass is 9.96. The zero-order valence-corrected chi connectivity index (χ0v) is 16.7. The molecule has 0 aromatic heterocycles. The first kappa shape index (κ1) is 22.2. The van der Waals surface area contributed by atoms with E-state index in [4.69, 9.17) is 14.2 Å². The molecule has 0 aliphatic heterocycles. The van der Waals surface area contributed by atoms with Gasteiger partial charge < -0.3 is 14.2 Å². The van der Waals surface area contributed by atoms with E-state index in [1.165, 1.54) is 0 Å². The summed E-state index contributed by atoms with van der Waals surface area (Å²) in [5.41, 5.74) is 1.06. The van der Waals surface area contributed by atoms with E-state index in [-0.39, 0.29) is 25.0 Å². The fourth-order valence-corrected chi connectivity index (χ4v) is 2.86. The summed E-state index contributed by atoms with van der Waals surface area (Å²) in [6, 6.07) is 9.79. The van der Waals surface area contributed by atoms with Crippen molar-refractivity contribution < 1.29 is 19.0 Å². The zero-order valence-electron chi connectivity index (χ0n) is 16.7. The number of hydrogen-bond donors (Lipinski definition) is 0. The number of methoxy groups -OCH3 is 1. The Morgan fingerprint density at radius 2 is 1.92 bits per heavy atom. The highest BCUT2D eigenvalue weighted by molar-refractivity contribution is 5.68. The van der Waals surface area contributed by atoms with Gasteiger partial charge in [-0.1, -0.05) is 56.3 Å². The molecule has 146 valence electrons. The van der Waals surface area contributed by atoms with Gasteiger partial charge in [0.2, 0.25) is 0 Å². The summed E-state index contributed by atoms with van der Waals surface area (Å²) in [6.45, 7) is 9.03. The summed E-state index contributed by atoms with van der Waals surface area (Å²) in [5, 5.41) is 0. The largest absolute Gasteiger partial charge is 0.450 e. The van der Waals surface area contributed by atoms with Gasteiger partial charge in [0.25, 0.3) is 0 Å². The number of hydrogen-bond acceptors (Lipinski definition) is 4. The average Bonchev–Trinajstić information content (AvgIpc) is 2.62. The minimum Gasteiger partial charge on any atom is -0.450 e. The Bertz CT molecular complexity index is 530. The number of rotatable bonds is 11. The van der Waals surface area contributed by atoms with Crippen LogP contribution in [0.3, 0.4) is 0 Å². The molecule has 0 aliphatic carbocycles. The Balaban J connectivity index is 3.17. The molecule has 26 heavy (non-hydrogen) atoms. The minimum atomic E-state index is -0.322. The molecule has 0 aliphatic rings. The van der Waals surface area contributed by atoms with Crippen LogP contribution < -0.4 is 0 Å². The second-order valence-electron chi connectivity index (χ2n) is 6.57. The molecule has 1 aromatic rings. The lowest BCUT2D eigenvalue weighted by molar-refractivity contribution is -0.0834. The number of carbonyl (C=O) groups is 1. The van der Waals surface area contributed by atoms with Crippen LogP contribution in [-0.2, 0) is 20.8 Å². The summed E-state index contributed by atoms with van der Waals surface area (Å²) in [5.74, 6) is 0.395. The molecule has 0 saturated carbocycles. The Hall–Kier alpha value is -1.85. The fraction of sp³-hybridized carbons (Fsp3) is 0.571. The molecule has 1 rings (SSSR count). The predicted molar refractivity (Wildman–Crippen MR) is 104 cm³/mol. The highest BCUT2D eigenvalue weighted by atomic mass is 16.7. The predicted octanol–water partition coefficient (Wildman–Crippen LogP) is 4.63. The Kier molecular flexibility index (Phi) is 10.7. The van der Waals surface area contributed by atoms with Gasteiger partial charge >= 0.3 is 6.09 Å². The lowest BCUT2D eigenvalue weighted by Gasteiger charge is -2.36. The van der Waals surface area contributed by atoms with Gasteiger partial charge in [0, 0.05) is 13.7 Å². The van der Waals surface area contributed by atoms with Crippen LogP contribution in [0.5, 0.6) is 0 Å². The summed E-state index contributed by atoms with van der Waals surface area (Å²) < 4.78 is 16.3. The van der Waals surface area contributed by atoms with Gasteiger partial charge in [0.05, 0.1) is 18.8 Å². The number of nitrogens with zero attached hydrogens (tertiary/aromatic N) is 1. The molecule has 2 atom stereocenters. The maximum absolute atomic E-state index is 12.7. The van der Waals surface area contributed by atoms with Gasteiger partial charge in [0.1, 0.15) is 6.79 Å². The van der Waals surface area contributed by atoms with Gasteiger partial charge in [0.15, 0.2) is 0 Å². The number of amides is 1. The third-order valence-electron chi connectivity index (χ3n) is 3.95. The Morgan fingerprint density at radius 1 is 1.23 bits per heavy atom. The first-order valence-electron chi connectivity index (χ1n) is 9.24. The Labute approximate surface area is 157 Å². The molecular formula is C21H33NO4. The molecule has 1 aromatic carbocycles. The van der Waals surface area contributed by atoms with Gasteiger partial charge in [-0.15, -0.1) is 0 Å². The first-order valence-corrected chi connectivity index (χ1v) is 9.24. The van der Waals surface area contributed by atoms with Crippen LogP contribution in [0, 0.1) is 5.92 Å². The van der Waals surface area contributed by atoms with Crippen molar-refractivity contribution in [2.75, 3.05) is 20.5 Å². The number of ether oxygens (including phenoxy) is 3. The topological polar surface area (TPSA) is 48.0 Å². The van der Waals surface area contributed by atoms with E-state index in [0.717, 1.165) is 12.0 Å².